The van der Waals surface area contributed by atoms with Crippen LogP contribution in [0.4, 0.5) is 5.69 Å². The van der Waals surface area contributed by atoms with Gasteiger partial charge in [-0.2, -0.15) is 0 Å². The van der Waals surface area contributed by atoms with Crippen LogP contribution in [0.3, 0.4) is 0 Å². The highest BCUT2D eigenvalue weighted by atomic mass is 16.4. The highest BCUT2D eigenvalue weighted by molar-refractivity contribution is 6.04. The second kappa shape index (κ2) is 7.54. The minimum atomic E-state index is -0.986. The van der Waals surface area contributed by atoms with Crippen molar-refractivity contribution in [2.45, 2.75) is 26.8 Å². The lowest BCUT2D eigenvalue weighted by Crippen LogP contribution is -2.41. The summed E-state index contributed by atoms with van der Waals surface area (Å²) in [5.41, 5.74) is 0.870. The van der Waals surface area contributed by atoms with E-state index in [2.05, 4.69) is 5.32 Å². The molecule has 21 heavy (non-hydrogen) atoms. The summed E-state index contributed by atoms with van der Waals surface area (Å²) in [7, 11) is 0. The number of Topliss-reactive ketones (excluding diaryl/α,β-unsaturated/α-hetero) is 1. The number of anilines is 1. The maximum absolute atomic E-state index is 12.0. The number of rotatable bonds is 7. The number of ketones is 1. The molecule has 2 N–H and O–H groups in total. The molecule has 0 saturated heterocycles. The molecule has 0 saturated carbocycles. The zero-order valence-electron chi connectivity index (χ0n) is 12.4. The van der Waals surface area contributed by atoms with E-state index in [9.17, 15) is 14.4 Å². The second-order valence-corrected chi connectivity index (χ2v) is 5.04. The molecule has 1 rings (SSSR count). The van der Waals surface area contributed by atoms with Crippen molar-refractivity contribution in [3.63, 3.8) is 0 Å². The summed E-state index contributed by atoms with van der Waals surface area (Å²) in [4.78, 5) is 35.8. The molecule has 0 aliphatic rings. The number of carbonyl (C=O) groups excluding carboxylic acids is 2. The van der Waals surface area contributed by atoms with Crippen LogP contribution < -0.4 is 5.32 Å². The molecule has 0 radical (unpaired) electrons. The Kier molecular flexibility index (Phi) is 6.05. The van der Waals surface area contributed by atoms with Crippen LogP contribution in [0.2, 0.25) is 0 Å². The number of benzene rings is 1. The Labute approximate surface area is 123 Å². The van der Waals surface area contributed by atoms with Crippen LogP contribution >= 0.6 is 0 Å². The van der Waals surface area contributed by atoms with Crippen molar-refractivity contribution in [3.05, 3.63) is 29.8 Å². The molecule has 0 bridgehead atoms. The Morgan fingerprint density at radius 3 is 2.33 bits per heavy atom. The lowest BCUT2D eigenvalue weighted by Gasteiger charge is -2.23. The molecule has 0 unspecified atom stereocenters. The van der Waals surface area contributed by atoms with Crippen LogP contribution in [-0.4, -0.2) is 46.8 Å². The lowest BCUT2D eigenvalue weighted by atomic mass is 10.1. The third kappa shape index (κ3) is 5.35. The number of carboxylic acid groups (broad SMARTS) is 1. The van der Waals surface area contributed by atoms with E-state index in [0.717, 1.165) is 0 Å². The Bertz CT molecular complexity index is 540. The first-order valence-corrected chi connectivity index (χ1v) is 6.67. The molecule has 0 aromatic heterocycles. The van der Waals surface area contributed by atoms with Gasteiger partial charge in [0.15, 0.2) is 5.78 Å². The molecule has 6 nitrogen and oxygen atoms in total. The zero-order valence-corrected chi connectivity index (χ0v) is 12.4. The van der Waals surface area contributed by atoms with Gasteiger partial charge in [0.05, 0.1) is 18.8 Å². The van der Waals surface area contributed by atoms with Crippen LogP contribution in [0.15, 0.2) is 24.3 Å². The molecule has 1 aromatic carbocycles. The monoisotopic (exact) mass is 292 g/mol. The number of aliphatic carboxylic acids is 1. The highest BCUT2D eigenvalue weighted by Gasteiger charge is 2.18. The molecule has 114 valence electrons. The number of hydrogen-bond acceptors (Lipinski definition) is 4. The van der Waals surface area contributed by atoms with Crippen molar-refractivity contribution >= 4 is 23.3 Å². The summed E-state index contributed by atoms with van der Waals surface area (Å²) in [6.07, 6.45) is 0. The second-order valence-electron chi connectivity index (χ2n) is 5.04. The van der Waals surface area contributed by atoms with Gasteiger partial charge in [-0.15, -0.1) is 0 Å². The van der Waals surface area contributed by atoms with E-state index in [0.29, 0.717) is 11.3 Å². The molecule has 0 atom stereocenters. The smallest absolute Gasteiger partial charge is 0.317 e. The fourth-order valence-corrected chi connectivity index (χ4v) is 1.87. The molecular weight excluding hydrogens is 272 g/mol. The molecule has 0 heterocycles. The number of carboxylic acids is 1. The van der Waals surface area contributed by atoms with Gasteiger partial charge in [0.25, 0.3) is 0 Å². The predicted octanol–water partition coefficient (Wildman–Crippen LogP) is 1.62. The number of hydrogen-bond donors (Lipinski definition) is 2. The average molecular weight is 292 g/mol. The Hall–Kier alpha value is -2.21. The van der Waals surface area contributed by atoms with Crippen LogP contribution in [0.1, 0.15) is 31.1 Å². The average Bonchev–Trinajstić information content (AvgIpc) is 2.37. The van der Waals surface area contributed by atoms with Gasteiger partial charge in [0.1, 0.15) is 0 Å². The van der Waals surface area contributed by atoms with Gasteiger partial charge in [0, 0.05) is 11.6 Å². The lowest BCUT2D eigenvalue weighted by molar-refractivity contribution is -0.139. The van der Waals surface area contributed by atoms with Crippen molar-refractivity contribution in [2.75, 3.05) is 18.4 Å². The summed E-state index contributed by atoms with van der Waals surface area (Å²) in [6, 6.07) is 6.65. The minimum absolute atomic E-state index is 0.0454. The highest BCUT2D eigenvalue weighted by Crippen LogP contribution is 2.15. The number of carbonyl (C=O) groups is 3. The Morgan fingerprint density at radius 2 is 1.81 bits per heavy atom. The summed E-state index contributed by atoms with van der Waals surface area (Å²) in [6.45, 7) is 4.81. The van der Waals surface area contributed by atoms with E-state index < -0.39 is 5.97 Å². The van der Waals surface area contributed by atoms with Crippen LogP contribution in [-0.2, 0) is 9.59 Å². The number of nitrogens with zero attached hydrogens (tertiary/aromatic N) is 1. The van der Waals surface area contributed by atoms with Crippen LogP contribution in [0.5, 0.6) is 0 Å². The molecule has 0 aliphatic heterocycles. The van der Waals surface area contributed by atoms with Gasteiger partial charge in [-0.1, -0.05) is 12.1 Å². The van der Waals surface area contributed by atoms with E-state index in [1.807, 2.05) is 13.8 Å². The molecule has 0 spiro atoms. The summed E-state index contributed by atoms with van der Waals surface area (Å²) in [5.74, 6) is -1.48. The molecular formula is C15H20N2O4. The minimum Gasteiger partial charge on any atom is -0.480 e. The third-order valence-electron chi connectivity index (χ3n) is 3.00. The normalized spacial score (nSPS) is 10.7. The first-order valence-electron chi connectivity index (χ1n) is 6.67. The van der Waals surface area contributed by atoms with Crippen LogP contribution in [0, 0.1) is 0 Å². The fourth-order valence-electron chi connectivity index (χ4n) is 1.87. The van der Waals surface area contributed by atoms with Gasteiger partial charge < -0.3 is 10.4 Å². The predicted molar refractivity (Wildman–Crippen MR) is 79.4 cm³/mol. The van der Waals surface area contributed by atoms with Gasteiger partial charge >= 0.3 is 5.97 Å². The van der Waals surface area contributed by atoms with E-state index in [4.69, 9.17) is 5.11 Å². The largest absolute Gasteiger partial charge is 0.480 e. The molecule has 6 heteroatoms. The van der Waals surface area contributed by atoms with Crippen molar-refractivity contribution < 1.29 is 19.5 Å². The summed E-state index contributed by atoms with van der Waals surface area (Å²) >= 11 is 0. The van der Waals surface area contributed by atoms with Crippen molar-refractivity contribution in [2.24, 2.45) is 0 Å². The first-order chi connectivity index (χ1) is 9.81. The molecule has 0 fully saturated rings. The van der Waals surface area contributed by atoms with E-state index in [-0.39, 0.29) is 30.8 Å². The van der Waals surface area contributed by atoms with Gasteiger partial charge in [0.2, 0.25) is 5.91 Å². The summed E-state index contributed by atoms with van der Waals surface area (Å²) < 4.78 is 0. The molecule has 1 aromatic rings. The van der Waals surface area contributed by atoms with Gasteiger partial charge in [-0.05, 0) is 32.9 Å². The summed E-state index contributed by atoms with van der Waals surface area (Å²) in [5, 5.41) is 11.5. The first kappa shape index (κ1) is 16.8. The zero-order chi connectivity index (χ0) is 16.0. The number of nitrogens with one attached hydrogen (secondary N) is 1. The fraction of sp³-hybridized carbons (Fsp3) is 0.400. The van der Waals surface area contributed by atoms with E-state index >= 15 is 0 Å². The van der Waals surface area contributed by atoms with Crippen molar-refractivity contribution in [3.8, 4) is 0 Å². The van der Waals surface area contributed by atoms with Gasteiger partial charge in [-0.3, -0.25) is 19.3 Å². The van der Waals surface area contributed by atoms with Crippen LogP contribution in [0.25, 0.3) is 0 Å². The maximum atomic E-state index is 12.0. The maximum Gasteiger partial charge on any atom is 0.317 e. The van der Waals surface area contributed by atoms with E-state index in [1.165, 1.54) is 11.8 Å². The van der Waals surface area contributed by atoms with Crippen molar-refractivity contribution in [1.82, 2.24) is 4.90 Å². The number of para-hydroxylation sites is 1. The Balaban J connectivity index is 2.77. The van der Waals surface area contributed by atoms with Crippen molar-refractivity contribution in [1.29, 1.82) is 0 Å². The SMILES string of the molecule is CC(=O)c1ccccc1NC(=O)CN(CC(=O)O)C(C)C. The number of amides is 1. The topological polar surface area (TPSA) is 86.7 Å². The Morgan fingerprint density at radius 1 is 1.19 bits per heavy atom. The quantitative estimate of drug-likeness (QED) is 0.746. The van der Waals surface area contributed by atoms with E-state index in [1.54, 1.807) is 24.3 Å². The third-order valence-corrected chi connectivity index (χ3v) is 3.00. The molecule has 0 aliphatic carbocycles. The molecule has 1 amide bonds. The standard InChI is InChI=1S/C15H20N2O4/c1-10(2)17(9-15(20)21)8-14(19)16-13-7-5-4-6-12(13)11(3)18/h4-7,10H,8-9H2,1-3H3,(H,16,19)(H,20,21). The van der Waals surface area contributed by atoms with Gasteiger partial charge in [-0.25, -0.2) is 0 Å².